The maximum Gasteiger partial charge on any atom is 0.335 e. The molecule has 0 bridgehead atoms. The van der Waals surface area contributed by atoms with Gasteiger partial charge in [0.25, 0.3) is 0 Å². The van der Waals surface area contributed by atoms with Crippen molar-refractivity contribution in [2.45, 2.75) is 20.1 Å². The van der Waals surface area contributed by atoms with Gasteiger partial charge in [0, 0.05) is 0 Å². The quantitative estimate of drug-likeness (QED) is 0.475. The van der Waals surface area contributed by atoms with Crippen LogP contribution in [0.1, 0.15) is 13.8 Å². The van der Waals surface area contributed by atoms with Gasteiger partial charge in [0.2, 0.25) is 0 Å². The molecule has 0 spiro atoms. The minimum absolute atomic E-state index is 0.484. The first-order valence-corrected chi connectivity index (χ1v) is 4.16. The highest BCUT2D eigenvalue weighted by atomic mass is 32.2. The molecule has 0 aromatic rings. The van der Waals surface area contributed by atoms with Gasteiger partial charge in [-0.25, -0.2) is 4.39 Å². The Hall–Kier alpha value is -0.200. The zero-order chi connectivity index (χ0) is 8.36. The summed E-state index contributed by atoms with van der Waals surface area (Å²) >= 11 is 0. The lowest BCUT2D eigenvalue weighted by Crippen LogP contribution is -2.34. The van der Waals surface area contributed by atoms with Crippen LogP contribution >= 0.6 is 0 Å². The summed E-state index contributed by atoms with van der Waals surface area (Å²) in [6.07, 6.45) is -1.73. The molecule has 0 aliphatic heterocycles. The summed E-state index contributed by atoms with van der Waals surface area (Å²) in [4.78, 5) is 0. The Labute approximate surface area is 59.3 Å². The fraction of sp³-hybridized carbons (Fsp3) is 1.00. The van der Waals surface area contributed by atoms with Crippen LogP contribution in [0.25, 0.3) is 0 Å². The van der Waals surface area contributed by atoms with E-state index in [4.69, 9.17) is 4.55 Å². The van der Waals surface area contributed by atoms with Crippen LogP contribution in [0.3, 0.4) is 0 Å². The lowest BCUT2D eigenvalue weighted by molar-refractivity contribution is 0.233. The maximum atomic E-state index is 12.4. The van der Waals surface area contributed by atoms with Crippen LogP contribution in [0, 0.1) is 5.92 Å². The standard InChI is InChI=1S/C4H10FNO3S/c1-3(2)4(5)6-10(7,8)9/h3-4,6H,1-2H3,(H,7,8,9). The van der Waals surface area contributed by atoms with Crippen LogP contribution in [0.15, 0.2) is 0 Å². The molecule has 0 rings (SSSR count). The van der Waals surface area contributed by atoms with E-state index in [1.165, 1.54) is 18.6 Å². The van der Waals surface area contributed by atoms with Crippen molar-refractivity contribution in [1.29, 1.82) is 0 Å². The van der Waals surface area contributed by atoms with Crippen molar-refractivity contribution in [3.63, 3.8) is 0 Å². The van der Waals surface area contributed by atoms with Gasteiger partial charge in [-0.1, -0.05) is 13.8 Å². The SMILES string of the molecule is CC(C)C(F)NS(=O)(=O)O. The average molecular weight is 171 g/mol. The van der Waals surface area contributed by atoms with E-state index in [9.17, 15) is 12.8 Å². The van der Waals surface area contributed by atoms with Gasteiger partial charge >= 0.3 is 10.3 Å². The third kappa shape index (κ3) is 4.66. The van der Waals surface area contributed by atoms with Crippen LogP contribution in [-0.4, -0.2) is 19.3 Å². The second-order valence-electron chi connectivity index (χ2n) is 2.24. The van der Waals surface area contributed by atoms with Crippen LogP contribution < -0.4 is 4.72 Å². The van der Waals surface area contributed by atoms with Crippen LogP contribution in [0.5, 0.6) is 0 Å². The highest BCUT2D eigenvalue weighted by molar-refractivity contribution is 7.83. The Morgan fingerprint density at radius 1 is 1.50 bits per heavy atom. The molecule has 0 saturated heterocycles. The predicted octanol–water partition coefficient (Wildman–Crippen LogP) is 0.330. The smallest absolute Gasteiger partial charge is 0.273 e. The van der Waals surface area contributed by atoms with Crippen molar-refractivity contribution in [2.24, 2.45) is 5.92 Å². The monoisotopic (exact) mass is 171 g/mol. The van der Waals surface area contributed by atoms with Gasteiger partial charge in [0.05, 0.1) is 0 Å². The molecule has 0 saturated carbocycles. The lowest BCUT2D eigenvalue weighted by Gasteiger charge is -2.10. The molecule has 0 radical (unpaired) electrons. The summed E-state index contributed by atoms with van der Waals surface area (Å²) in [7, 11) is -4.39. The number of halogens is 1. The molecule has 0 aliphatic rings. The van der Waals surface area contributed by atoms with Crippen molar-refractivity contribution >= 4 is 10.3 Å². The molecular formula is C4H10FNO3S. The molecule has 0 amide bonds. The summed E-state index contributed by atoms with van der Waals surface area (Å²) in [6.45, 7) is 2.98. The number of alkyl halides is 1. The molecule has 1 atom stereocenters. The Kier molecular flexibility index (Phi) is 3.20. The van der Waals surface area contributed by atoms with E-state index < -0.39 is 22.5 Å². The Bertz CT molecular complexity index is 189. The third-order valence-electron chi connectivity index (χ3n) is 0.847. The molecule has 10 heavy (non-hydrogen) atoms. The van der Waals surface area contributed by atoms with Gasteiger partial charge in [-0.05, 0) is 5.92 Å². The van der Waals surface area contributed by atoms with E-state index in [1.807, 2.05) is 0 Å². The minimum atomic E-state index is -4.39. The summed E-state index contributed by atoms with van der Waals surface area (Å²) in [5.41, 5.74) is 0. The number of nitrogens with one attached hydrogen (secondary N) is 1. The minimum Gasteiger partial charge on any atom is -0.273 e. The van der Waals surface area contributed by atoms with Crippen molar-refractivity contribution in [3.05, 3.63) is 0 Å². The molecular weight excluding hydrogens is 161 g/mol. The molecule has 4 nitrogen and oxygen atoms in total. The van der Waals surface area contributed by atoms with Gasteiger partial charge in [-0.3, -0.25) is 4.55 Å². The van der Waals surface area contributed by atoms with Crippen molar-refractivity contribution in [1.82, 2.24) is 4.72 Å². The number of hydrogen-bond donors (Lipinski definition) is 2. The molecule has 0 heterocycles. The van der Waals surface area contributed by atoms with Crippen LogP contribution in [0.4, 0.5) is 4.39 Å². The van der Waals surface area contributed by atoms with E-state index in [0.717, 1.165) is 0 Å². The predicted molar refractivity (Wildman–Crippen MR) is 34.4 cm³/mol. The molecule has 0 aliphatic carbocycles. The van der Waals surface area contributed by atoms with Gasteiger partial charge in [-0.2, -0.15) is 13.1 Å². The van der Waals surface area contributed by atoms with E-state index in [0.29, 0.717) is 0 Å². The summed E-state index contributed by atoms with van der Waals surface area (Å²) in [5, 5.41) is 0. The van der Waals surface area contributed by atoms with Gasteiger partial charge in [0.15, 0.2) is 6.30 Å². The number of hydrogen-bond acceptors (Lipinski definition) is 2. The summed E-state index contributed by atoms with van der Waals surface area (Å²) in [5.74, 6) is -0.484. The molecule has 0 fully saturated rings. The first-order valence-electron chi connectivity index (χ1n) is 2.71. The third-order valence-corrected chi connectivity index (χ3v) is 1.37. The molecule has 0 aromatic heterocycles. The second-order valence-corrected chi connectivity index (χ2v) is 3.42. The number of rotatable bonds is 3. The van der Waals surface area contributed by atoms with E-state index in [1.54, 1.807) is 0 Å². The Morgan fingerprint density at radius 2 is 1.90 bits per heavy atom. The fourth-order valence-corrected chi connectivity index (χ4v) is 0.835. The van der Waals surface area contributed by atoms with E-state index in [2.05, 4.69) is 0 Å². The molecule has 1 unspecified atom stereocenters. The summed E-state index contributed by atoms with van der Waals surface area (Å²) < 4.78 is 41.7. The van der Waals surface area contributed by atoms with Crippen molar-refractivity contribution < 1.29 is 17.4 Å². The lowest BCUT2D eigenvalue weighted by atomic mass is 10.2. The zero-order valence-corrected chi connectivity index (χ0v) is 6.52. The van der Waals surface area contributed by atoms with Crippen LogP contribution in [-0.2, 0) is 10.3 Å². The van der Waals surface area contributed by atoms with Crippen LogP contribution in [0.2, 0.25) is 0 Å². The Balaban J connectivity index is 3.93. The van der Waals surface area contributed by atoms with Crippen molar-refractivity contribution in [2.75, 3.05) is 0 Å². The topological polar surface area (TPSA) is 66.4 Å². The molecule has 6 heteroatoms. The first kappa shape index (κ1) is 9.80. The van der Waals surface area contributed by atoms with Crippen molar-refractivity contribution in [3.8, 4) is 0 Å². The van der Waals surface area contributed by atoms with Gasteiger partial charge in [-0.15, -0.1) is 0 Å². The second kappa shape index (κ2) is 3.27. The highest BCUT2D eigenvalue weighted by Crippen LogP contribution is 2.02. The van der Waals surface area contributed by atoms with Gasteiger partial charge < -0.3 is 0 Å². The maximum absolute atomic E-state index is 12.4. The van der Waals surface area contributed by atoms with Gasteiger partial charge in [0.1, 0.15) is 0 Å². The Morgan fingerprint density at radius 3 is 2.00 bits per heavy atom. The highest BCUT2D eigenvalue weighted by Gasteiger charge is 2.16. The molecule has 62 valence electrons. The molecule has 2 N–H and O–H groups in total. The van der Waals surface area contributed by atoms with E-state index in [-0.39, 0.29) is 0 Å². The largest absolute Gasteiger partial charge is 0.335 e. The zero-order valence-electron chi connectivity index (χ0n) is 5.70. The average Bonchev–Trinajstić information content (AvgIpc) is 1.60. The molecule has 0 aromatic carbocycles. The fourth-order valence-electron chi connectivity index (χ4n) is 0.278. The summed E-state index contributed by atoms with van der Waals surface area (Å²) in [6, 6.07) is 0. The first-order chi connectivity index (χ1) is 4.33. The van der Waals surface area contributed by atoms with E-state index >= 15 is 0 Å². The normalized spacial score (nSPS) is 15.7.